The van der Waals surface area contributed by atoms with Crippen LogP contribution in [-0.2, 0) is 0 Å². The number of aliphatic hydroxyl groups is 1. The number of halogens is 4. The number of hydrogen-bond acceptors (Lipinski definition) is 4. The fourth-order valence-electron chi connectivity index (χ4n) is 1.13. The number of aliphatic hydroxyl groups excluding tert-OH is 1. The SMILES string of the molecule is OCCN(CC(F)F)c1nc(Cl)ncc1F. The van der Waals surface area contributed by atoms with E-state index in [0.717, 1.165) is 11.1 Å². The van der Waals surface area contributed by atoms with E-state index in [9.17, 15) is 13.2 Å². The van der Waals surface area contributed by atoms with Crippen molar-refractivity contribution >= 4 is 17.4 Å². The van der Waals surface area contributed by atoms with Crippen molar-refractivity contribution < 1.29 is 18.3 Å². The Morgan fingerprint density at radius 2 is 2.19 bits per heavy atom. The molecule has 0 aliphatic heterocycles. The Kier molecular flexibility index (Phi) is 4.75. The minimum atomic E-state index is -2.67. The number of nitrogens with zero attached hydrogens (tertiary/aromatic N) is 3. The van der Waals surface area contributed by atoms with Crippen LogP contribution in [0.15, 0.2) is 6.20 Å². The maximum absolute atomic E-state index is 13.2. The molecular formula is C8H9ClF3N3O. The summed E-state index contributed by atoms with van der Waals surface area (Å²) in [5.41, 5.74) is 0. The summed E-state index contributed by atoms with van der Waals surface area (Å²) >= 11 is 5.43. The predicted octanol–water partition coefficient (Wildman–Crippen LogP) is 1.33. The van der Waals surface area contributed by atoms with Crippen LogP contribution < -0.4 is 4.90 Å². The molecule has 90 valence electrons. The molecule has 1 aromatic rings. The standard InChI is InChI=1S/C8H9ClF3N3O/c9-8-13-3-5(10)7(14-8)15(1-2-16)4-6(11)12/h3,6,16H,1-2,4H2. The summed E-state index contributed by atoms with van der Waals surface area (Å²) in [7, 11) is 0. The maximum atomic E-state index is 13.2. The Morgan fingerprint density at radius 3 is 2.75 bits per heavy atom. The molecule has 0 aliphatic carbocycles. The molecule has 1 aromatic heterocycles. The molecule has 0 aromatic carbocycles. The van der Waals surface area contributed by atoms with E-state index in [1.54, 1.807) is 0 Å². The minimum Gasteiger partial charge on any atom is -0.395 e. The van der Waals surface area contributed by atoms with Crippen LogP contribution >= 0.6 is 11.6 Å². The molecule has 1 N–H and O–H groups in total. The fraction of sp³-hybridized carbons (Fsp3) is 0.500. The highest BCUT2D eigenvalue weighted by Gasteiger charge is 2.18. The van der Waals surface area contributed by atoms with E-state index in [2.05, 4.69) is 9.97 Å². The fourth-order valence-corrected chi connectivity index (χ4v) is 1.26. The van der Waals surface area contributed by atoms with Gasteiger partial charge in [0.25, 0.3) is 6.43 Å². The summed E-state index contributed by atoms with van der Waals surface area (Å²) in [4.78, 5) is 7.78. The van der Waals surface area contributed by atoms with Gasteiger partial charge in [-0.3, -0.25) is 0 Å². The first-order chi connectivity index (χ1) is 7.54. The van der Waals surface area contributed by atoms with Gasteiger partial charge in [-0.15, -0.1) is 0 Å². The van der Waals surface area contributed by atoms with E-state index in [4.69, 9.17) is 16.7 Å². The van der Waals surface area contributed by atoms with Gasteiger partial charge in [-0.05, 0) is 11.6 Å². The molecule has 0 spiro atoms. The highest BCUT2D eigenvalue weighted by atomic mass is 35.5. The summed E-state index contributed by atoms with van der Waals surface area (Å²) in [5.74, 6) is -1.20. The summed E-state index contributed by atoms with van der Waals surface area (Å²) in [6.45, 7) is -1.28. The lowest BCUT2D eigenvalue weighted by molar-refractivity contribution is 0.152. The molecule has 0 aliphatic rings. The van der Waals surface area contributed by atoms with Crippen LogP contribution in [0.2, 0.25) is 5.28 Å². The van der Waals surface area contributed by atoms with Gasteiger partial charge in [-0.2, -0.15) is 4.98 Å². The second-order valence-electron chi connectivity index (χ2n) is 2.87. The molecule has 16 heavy (non-hydrogen) atoms. The van der Waals surface area contributed by atoms with Crippen LogP contribution in [0, 0.1) is 5.82 Å². The molecule has 4 nitrogen and oxygen atoms in total. The first-order valence-corrected chi connectivity index (χ1v) is 4.74. The van der Waals surface area contributed by atoms with E-state index in [-0.39, 0.29) is 17.6 Å². The van der Waals surface area contributed by atoms with Crippen LogP contribution in [-0.4, -0.2) is 41.2 Å². The van der Waals surface area contributed by atoms with Crippen molar-refractivity contribution in [2.75, 3.05) is 24.6 Å². The molecule has 1 heterocycles. The summed E-state index contributed by atoms with van der Waals surface area (Å²) in [6.07, 6.45) is -1.87. The van der Waals surface area contributed by atoms with Gasteiger partial charge in [0.15, 0.2) is 11.6 Å². The molecular weight excluding hydrogens is 247 g/mol. The second-order valence-corrected chi connectivity index (χ2v) is 3.21. The van der Waals surface area contributed by atoms with Gasteiger partial charge < -0.3 is 10.0 Å². The quantitative estimate of drug-likeness (QED) is 0.807. The monoisotopic (exact) mass is 255 g/mol. The molecule has 8 heteroatoms. The molecule has 0 saturated heterocycles. The Balaban J connectivity index is 2.94. The van der Waals surface area contributed by atoms with Gasteiger partial charge >= 0.3 is 0 Å². The van der Waals surface area contributed by atoms with Crippen LogP contribution in [0.25, 0.3) is 0 Å². The molecule has 1 rings (SSSR count). The topological polar surface area (TPSA) is 49.2 Å². The van der Waals surface area contributed by atoms with E-state index < -0.39 is 25.4 Å². The van der Waals surface area contributed by atoms with Gasteiger partial charge in [-0.25, -0.2) is 18.2 Å². The summed E-state index contributed by atoms with van der Waals surface area (Å²) < 4.78 is 37.6. The molecule has 0 fully saturated rings. The lowest BCUT2D eigenvalue weighted by Crippen LogP contribution is -2.33. The molecule has 0 unspecified atom stereocenters. The molecule has 0 atom stereocenters. The molecule has 0 bridgehead atoms. The Hall–Kier alpha value is -1.08. The van der Waals surface area contributed by atoms with E-state index >= 15 is 0 Å². The zero-order valence-corrected chi connectivity index (χ0v) is 8.83. The predicted molar refractivity (Wildman–Crippen MR) is 52.3 cm³/mol. The number of rotatable bonds is 5. The van der Waals surface area contributed by atoms with Crippen LogP contribution in [0.1, 0.15) is 0 Å². The Morgan fingerprint density at radius 1 is 1.50 bits per heavy atom. The van der Waals surface area contributed by atoms with Crippen molar-refractivity contribution in [3.8, 4) is 0 Å². The first kappa shape index (κ1) is 13.0. The lowest BCUT2D eigenvalue weighted by Gasteiger charge is -2.22. The zero-order valence-electron chi connectivity index (χ0n) is 8.08. The number of alkyl halides is 2. The van der Waals surface area contributed by atoms with Crippen molar-refractivity contribution in [3.05, 3.63) is 17.3 Å². The van der Waals surface area contributed by atoms with E-state index in [1.807, 2.05) is 0 Å². The largest absolute Gasteiger partial charge is 0.395 e. The highest BCUT2D eigenvalue weighted by Crippen LogP contribution is 2.18. The van der Waals surface area contributed by atoms with Gasteiger partial charge in [0.05, 0.1) is 19.3 Å². The lowest BCUT2D eigenvalue weighted by atomic mass is 10.4. The van der Waals surface area contributed by atoms with Gasteiger partial charge in [0.2, 0.25) is 5.28 Å². The van der Waals surface area contributed by atoms with Crippen molar-refractivity contribution in [2.24, 2.45) is 0 Å². The number of anilines is 1. The van der Waals surface area contributed by atoms with Crippen molar-refractivity contribution in [1.82, 2.24) is 9.97 Å². The van der Waals surface area contributed by atoms with E-state index in [1.165, 1.54) is 0 Å². The van der Waals surface area contributed by atoms with Crippen LogP contribution in [0.3, 0.4) is 0 Å². The van der Waals surface area contributed by atoms with Gasteiger partial charge in [0.1, 0.15) is 0 Å². The maximum Gasteiger partial charge on any atom is 0.255 e. The van der Waals surface area contributed by atoms with Crippen molar-refractivity contribution in [2.45, 2.75) is 6.43 Å². The Labute approximate surface area is 94.7 Å². The molecule has 0 amide bonds. The summed E-state index contributed by atoms with van der Waals surface area (Å²) in [5, 5.41) is 8.44. The van der Waals surface area contributed by atoms with E-state index in [0.29, 0.717) is 0 Å². The molecule has 0 radical (unpaired) electrons. The number of hydrogen-bond donors (Lipinski definition) is 1. The number of aromatic nitrogens is 2. The van der Waals surface area contributed by atoms with Gasteiger partial charge in [-0.1, -0.05) is 0 Å². The summed E-state index contributed by atoms with van der Waals surface area (Å²) in [6, 6.07) is 0. The Bertz CT molecular complexity index is 353. The third-order valence-corrected chi connectivity index (χ3v) is 1.91. The highest BCUT2D eigenvalue weighted by molar-refractivity contribution is 6.28. The van der Waals surface area contributed by atoms with Gasteiger partial charge in [0, 0.05) is 6.54 Å². The zero-order chi connectivity index (χ0) is 12.1. The average Bonchev–Trinajstić information content (AvgIpc) is 2.20. The van der Waals surface area contributed by atoms with Crippen molar-refractivity contribution in [1.29, 1.82) is 0 Å². The second kappa shape index (κ2) is 5.86. The smallest absolute Gasteiger partial charge is 0.255 e. The van der Waals surface area contributed by atoms with Crippen LogP contribution in [0.5, 0.6) is 0 Å². The minimum absolute atomic E-state index is 0.158. The molecule has 0 saturated carbocycles. The normalized spacial score (nSPS) is 10.9. The average molecular weight is 256 g/mol. The van der Waals surface area contributed by atoms with Crippen LogP contribution in [0.4, 0.5) is 19.0 Å². The first-order valence-electron chi connectivity index (χ1n) is 4.36. The third-order valence-electron chi connectivity index (χ3n) is 1.72. The van der Waals surface area contributed by atoms with Crippen molar-refractivity contribution in [3.63, 3.8) is 0 Å². The third kappa shape index (κ3) is 3.49.